The van der Waals surface area contributed by atoms with Crippen molar-refractivity contribution in [2.45, 2.75) is 11.7 Å². The predicted octanol–water partition coefficient (Wildman–Crippen LogP) is -2.02. The second kappa shape index (κ2) is 3.53. The fourth-order valence-corrected chi connectivity index (χ4v) is 2.81. The summed E-state index contributed by atoms with van der Waals surface area (Å²) in [6.07, 6.45) is -2.76. The van der Waals surface area contributed by atoms with Crippen molar-refractivity contribution in [2.75, 3.05) is 0 Å². The molecule has 0 aliphatic carbocycles. The topological polar surface area (TPSA) is 156 Å². The van der Waals surface area contributed by atoms with Crippen molar-refractivity contribution in [3.63, 3.8) is 0 Å². The number of aliphatic hydroxyl groups excluding tert-OH is 1. The first-order valence-corrected chi connectivity index (χ1v) is 5.89. The molecule has 74 valence electrons. The quantitative estimate of drug-likeness (QED) is 0.236. The summed E-state index contributed by atoms with van der Waals surface area (Å²) in [6.45, 7) is 0. The van der Waals surface area contributed by atoms with E-state index in [-0.39, 0.29) is 0 Å². The van der Waals surface area contributed by atoms with Gasteiger partial charge in [0.2, 0.25) is 5.40 Å². The number of aliphatic hydroxyl groups is 2. The van der Waals surface area contributed by atoms with E-state index in [1.807, 2.05) is 0 Å². The summed E-state index contributed by atoms with van der Waals surface area (Å²) in [6, 6.07) is 0. The van der Waals surface area contributed by atoms with Gasteiger partial charge in [0, 0.05) is 0 Å². The monoisotopic (exact) mass is 222 g/mol. The molecule has 0 heterocycles. The Balaban J connectivity index is 4.97. The van der Waals surface area contributed by atoms with Crippen LogP contribution in [-0.4, -0.2) is 41.5 Å². The summed E-state index contributed by atoms with van der Waals surface area (Å²) in [5.41, 5.74) is 0. The number of hydrogen-bond acceptors (Lipinski definition) is 4. The molecule has 10 heteroatoms. The maximum absolute atomic E-state index is 10.3. The highest BCUT2D eigenvalue weighted by Crippen LogP contribution is 2.60. The van der Waals surface area contributed by atoms with Crippen LogP contribution < -0.4 is 0 Å². The molecule has 0 aromatic carbocycles. The van der Waals surface area contributed by atoms with Crippen molar-refractivity contribution >= 4 is 15.2 Å². The zero-order valence-corrected chi connectivity index (χ0v) is 7.34. The molecule has 0 radical (unpaired) electrons. The van der Waals surface area contributed by atoms with Gasteiger partial charge in [0.15, 0.2) is 6.29 Å². The largest absolute Gasteiger partial charge is 0.367 e. The molecule has 0 aliphatic heterocycles. The Bertz CT molecular complexity index is 211. The van der Waals surface area contributed by atoms with E-state index in [0.29, 0.717) is 0 Å². The molecule has 12 heavy (non-hydrogen) atoms. The summed E-state index contributed by atoms with van der Waals surface area (Å²) in [7, 11) is -10.4. The van der Waals surface area contributed by atoms with Gasteiger partial charge in [0.05, 0.1) is 0 Å². The van der Waals surface area contributed by atoms with Crippen molar-refractivity contribution in [1.29, 1.82) is 0 Å². The maximum Gasteiger partial charge on any atom is 0.345 e. The minimum Gasteiger partial charge on any atom is -0.367 e. The lowest BCUT2D eigenvalue weighted by Crippen LogP contribution is -2.25. The van der Waals surface area contributed by atoms with Gasteiger partial charge in [-0.15, -0.1) is 0 Å². The van der Waals surface area contributed by atoms with E-state index in [0.717, 1.165) is 0 Å². The third-order valence-electron chi connectivity index (χ3n) is 0.956. The van der Waals surface area contributed by atoms with Gasteiger partial charge in [0.25, 0.3) is 0 Å². The van der Waals surface area contributed by atoms with Crippen LogP contribution in [0.1, 0.15) is 0 Å². The minimum absolute atomic E-state index is 2.76. The van der Waals surface area contributed by atoms with Crippen LogP contribution in [-0.2, 0) is 9.13 Å². The van der Waals surface area contributed by atoms with E-state index in [4.69, 9.17) is 29.8 Å². The van der Waals surface area contributed by atoms with Crippen LogP contribution in [0.2, 0.25) is 0 Å². The highest BCUT2D eigenvalue weighted by Gasteiger charge is 2.48. The molecule has 0 saturated carbocycles. The molecule has 0 aromatic rings. The first kappa shape index (κ1) is 12.2. The lowest BCUT2D eigenvalue weighted by Gasteiger charge is -2.20. The van der Waals surface area contributed by atoms with Crippen LogP contribution in [0.5, 0.6) is 0 Å². The van der Waals surface area contributed by atoms with Gasteiger partial charge in [-0.05, 0) is 0 Å². The molecular formula is C2H8O8P2. The highest BCUT2D eigenvalue weighted by molar-refractivity contribution is 7.70. The molecule has 0 aliphatic rings. The molecular weight excluding hydrogens is 214 g/mol. The summed E-state index contributed by atoms with van der Waals surface area (Å²) in [4.78, 5) is 33.1. The second-order valence-corrected chi connectivity index (χ2v) is 5.88. The molecule has 0 bridgehead atoms. The number of hydrogen-bond donors (Lipinski definition) is 6. The van der Waals surface area contributed by atoms with E-state index in [1.54, 1.807) is 0 Å². The van der Waals surface area contributed by atoms with Gasteiger partial charge < -0.3 is 29.8 Å². The van der Waals surface area contributed by atoms with Crippen molar-refractivity contribution in [3.8, 4) is 0 Å². The zero-order chi connectivity index (χ0) is 10.2. The summed E-state index contributed by atoms with van der Waals surface area (Å²) < 4.78 is 20.6. The number of rotatable bonds is 3. The van der Waals surface area contributed by atoms with Crippen LogP contribution in [0.4, 0.5) is 0 Å². The van der Waals surface area contributed by atoms with Gasteiger partial charge in [-0.1, -0.05) is 0 Å². The van der Waals surface area contributed by atoms with E-state index in [2.05, 4.69) is 0 Å². The lowest BCUT2D eigenvalue weighted by atomic mass is 10.8. The molecule has 8 nitrogen and oxygen atoms in total. The van der Waals surface area contributed by atoms with E-state index in [9.17, 15) is 9.13 Å². The van der Waals surface area contributed by atoms with E-state index in [1.165, 1.54) is 0 Å². The Kier molecular flexibility index (Phi) is 3.59. The third-order valence-corrected chi connectivity index (χ3v) is 4.67. The molecule has 0 fully saturated rings. The van der Waals surface area contributed by atoms with Crippen LogP contribution >= 0.6 is 15.2 Å². The van der Waals surface area contributed by atoms with Crippen molar-refractivity contribution in [1.82, 2.24) is 0 Å². The average molecular weight is 222 g/mol. The third kappa shape index (κ3) is 3.30. The Morgan fingerprint density at radius 2 is 1.08 bits per heavy atom. The van der Waals surface area contributed by atoms with Crippen LogP contribution in [0.15, 0.2) is 0 Å². The standard InChI is InChI=1S/C2H8O8P2/c3-1(4)2(11(5,6)7)12(8,9)10/h1-4H,(H2,5,6,7)(H2,8,9,10). The molecule has 0 unspecified atom stereocenters. The van der Waals surface area contributed by atoms with Gasteiger partial charge in [-0.2, -0.15) is 0 Å². The first-order chi connectivity index (χ1) is 5.07. The summed E-state index contributed by atoms with van der Waals surface area (Å²) in [5.74, 6) is 0. The molecule has 0 amide bonds. The van der Waals surface area contributed by atoms with E-state index >= 15 is 0 Å². The Morgan fingerprint density at radius 3 is 1.08 bits per heavy atom. The fourth-order valence-electron chi connectivity index (χ4n) is 0.543. The zero-order valence-electron chi connectivity index (χ0n) is 5.55. The Labute approximate surface area is 66.8 Å². The average Bonchev–Trinajstić information content (AvgIpc) is 1.49. The second-order valence-electron chi connectivity index (χ2n) is 2.01. The molecule has 0 saturated heterocycles. The summed E-state index contributed by atoms with van der Waals surface area (Å²) >= 11 is 0. The normalized spacial score (nSPS) is 14.3. The molecule has 0 spiro atoms. The maximum atomic E-state index is 10.3. The molecule has 0 atom stereocenters. The molecule has 6 N–H and O–H groups in total. The van der Waals surface area contributed by atoms with Gasteiger partial charge in [0.1, 0.15) is 0 Å². The Morgan fingerprint density at radius 1 is 0.833 bits per heavy atom. The fraction of sp³-hybridized carbons (Fsp3) is 1.00. The van der Waals surface area contributed by atoms with Crippen molar-refractivity contribution < 1.29 is 38.9 Å². The summed E-state index contributed by atoms with van der Waals surface area (Å²) in [5, 5.41) is 13.7. The van der Waals surface area contributed by atoms with Crippen LogP contribution in [0, 0.1) is 0 Å². The van der Waals surface area contributed by atoms with E-state index < -0.39 is 26.9 Å². The lowest BCUT2D eigenvalue weighted by molar-refractivity contribution is -0.0347. The van der Waals surface area contributed by atoms with Crippen molar-refractivity contribution in [2.24, 2.45) is 0 Å². The highest BCUT2D eigenvalue weighted by atomic mass is 31.2. The van der Waals surface area contributed by atoms with Gasteiger partial charge in [-0.25, -0.2) is 0 Å². The predicted molar refractivity (Wildman–Crippen MR) is 36.1 cm³/mol. The first-order valence-electron chi connectivity index (χ1n) is 2.53. The van der Waals surface area contributed by atoms with Gasteiger partial charge in [-0.3, -0.25) is 9.13 Å². The van der Waals surface area contributed by atoms with Crippen LogP contribution in [0.3, 0.4) is 0 Å². The smallest absolute Gasteiger partial charge is 0.345 e. The minimum atomic E-state index is -5.22. The van der Waals surface area contributed by atoms with Crippen molar-refractivity contribution in [3.05, 3.63) is 0 Å². The Hall–Kier alpha value is 0.220. The van der Waals surface area contributed by atoms with Gasteiger partial charge >= 0.3 is 15.2 Å². The van der Waals surface area contributed by atoms with Crippen LogP contribution in [0.25, 0.3) is 0 Å². The molecule has 0 rings (SSSR count). The SMILES string of the molecule is O=P(O)(O)C(C(O)O)P(=O)(O)O. The molecule has 0 aromatic heterocycles.